The van der Waals surface area contributed by atoms with Gasteiger partial charge in [0, 0.05) is 21.1 Å². The average molecular weight is 389 g/mol. The summed E-state index contributed by atoms with van der Waals surface area (Å²) in [6, 6.07) is 11.4. The maximum absolute atomic E-state index is 6.24. The van der Waals surface area contributed by atoms with Gasteiger partial charge in [0.1, 0.15) is 12.4 Å². The minimum Gasteiger partial charge on any atom is -0.487 e. The van der Waals surface area contributed by atoms with Gasteiger partial charge >= 0.3 is 0 Å². The Morgan fingerprint density at radius 3 is 2.57 bits per heavy atom. The lowest BCUT2D eigenvalue weighted by Gasteiger charge is -2.15. The van der Waals surface area contributed by atoms with Gasteiger partial charge in [0.15, 0.2) is 0 Å². The largest absolute Gasteiger partial charge is 0.487 e. The molecule has 0 saturated heterocycles. The summed E-state index contributed by atoms with van der Waals surface area (Å²) in [6.45, 7) is 2.32. The van der Waals surface area contributed by atoms with Crippen molar-refractivity contribution < 1.29 is 4.74 Å². The molecule has 5 heteroatoms. The first-order valence-electron chi connectivity index (χ1n) is 6.57. The molecule has 0 bridgehead atoms. The zero-order valence-corrected chi connectivity index (χ0v) is 14.7. The Balaban J connectivity index is 2.19. The zero-order chi connectivity index (χ0) is 15.4. The summed E-state index contributed by atoms with van der Waals surface area (Å²) in [7, 11) is 0. The summed E-state index contributed by atoms with van der Waals surface area (Å²) < 4.78 is 6.83. The molecule has 0 aliphatic carbocycles. The van der Waals surface area contributed by atoms with Crippen LogP contribution >= 0.6 is 39.1 Å². The van der Waals surface area contributed by atoms with Crippen LogP contribution in [-0.4, -0.2) is 6.04 Å². The first-order chi connectivity index (χ1) is 9.97. The molecule has 2 nitrogen and oxygen atoms in total. The molecular formula is C16H16BrCl2NO. The number of ether oxygens (including phenoxy) is 1. The summed E-state index contributed by atoms with van der Waals surface area (Å²) in [5, 5.41) is 1.24. The lowest BCUT2D eigenvalue weighted by molar-refractivity contribution is 0.302. The molecule has 2 aromatic rings. The first-order valence-corrected chi connectivity index (χ1v) is 8.12. The summed E-state index contributed by atoms with van der Waals surface area (Å²) in [4.78, 5) is 0. The van der Waals surface area contributed by atoms with Gasteiger partial charge in [-0.15, -0.1) is 0 Å². The summed E-state index contributed by atoms with van der Waals surface area (Å²) in [5.74, 6) is 0.676. The number of benzene rings is 2. The van der Waals surface area contributed by atoms with Crippen LogP contribution in [0.5, 0.6) is 5.75 Å². The fourth-order valence-corrected chi connectivity index (χ4v) is 2.99. The van der Waals surface area contributed by atoms with Crippen LogP contribution in [0.3, 0.4) is 0 Å². The highest BCUT2D eigenvalue weighted by molar-refractivity contribution is 9.10. The van der Waals surface area contributed by atoms with E-state index in [1.165, 1.54) is 0 Å². The van der Waals surface area contributed by atoms with Crippen molar-refractivity contribution in [2.75, 3.05) is 0 Å². The van der Waals surface area contributed by atoms with Crippen molar-refractivity contribution in [2.45, 2.75) is 26.0 Å². The summed E-state index contributed by atoms with van der Waals surface area (Å²) in [6.07, 6.45) is 0.712. The highest BCUT2D eigenvalue weighted by Gasteiger charge is 2.11. The van der Waals surface area contributed by atoms with E-state index in [-0.39, 0.29) is 6.04 Å². The standard InChI is InChI=1S/C16H16BrCl2NO/c1-10(20)7-11-3-2-4-14(18)16(11)21-9-12-5-6-13(17)8-15(12)19/h2-6,8,10H,7,9,20H2,1H3. The van der Waals surface area contributed by atoms with Crippen molar-refractivity contribution in [2.24, 2.45) is 5.73 Å². The van der Waals surface area contributed by atoms with Crippen LogP contribution < -0.4 is 10.5 Å². The smallest absolute Gasteiger partial charge is 0.141 e. The second-order valence-corrected chi connectivity index (χ2v) is 6.66. The van der Waals surface area contributed by atoms with Crippen LogP contribution in [0, 0.1) is 0 Å². The van der Waals surface area contributed by atoms with Crippen molar-refractivity contribution in [1.82, 2.24) is 0 Å². The molecule has 1 atom stereocenters. The molecule has 0 aliphatic heterocycles. The number of para-hydroxylation sites is 1. The van der Waals surface area contributed by atoms with Gasteiger partial charge in [0.25, 0.3) is 0 Å². The maximum atomic E-state index is 6.24. The van der Waals surface area contributed by atoms with Gasteiger partial charge in [-0.05, 0) is 37.1 Å². The van der Waals surface area contributed by atoms with Gasteiger partial charge in [0.05, 0.1) is 5.02 Å². The fourth-order valence-electron chi connectivity index (χ4n) is 2.01. The van der Waals surface area contributed by atoms with Crippen molar-refractivity contribution in [3.05, 3.63) is 62.0 Å². The van der Waals surface area contributed by atoms with E-state index in [1.807, 2.05) is 43.3 Å². The number of hydrogen-bond acceptors (Lipinski definition) is 2. The van der Waals surface area contributed by atoms with Gasteiger partial charge in [-0.3, -0.25) is 0 Å². The molecule has 0 aliphatic rings. The molecular weight excluding hydrogens is 373 g/mol. The molecule has 0 fully saturated rings. The van der Waals surface area contributed by atoms with Crippen LogP contribution in [0.2, 0.25) is 10.0 Å². The topological polar surface area (TPSA) is 35.2 Å². The van der Waals surface area contributed by atoms with Crippen LogP contribution in [0.1, 0.15) is 18.1 Å². The molecule has 112 valence electrons. The molecule has 0 spiro atoms. The van der Waals surface area contributed by atoms with E-state index < -0.39 is 0 Å². The van der Waals surface area contributed by atoms with E-state index >= 15 is 0 Å². The Hall–Kier alpha value is -0.740. The Kier molecular flexibility index (Phi) is 5.94. The molecule has 0 amide bonds. The highest BCUT2D eigenvalue weighted by atomic mass is 79.9. The van der Waals surface area contributed by atoms with Crippen molar-refractivity contribution in [1.29, 1.82) is 0 Å². The van der Waals surface area contributed by atoms with Gasteiger partial charge in [-0.1, -0.05) is 57.3 Å². The van der Waals surface area contributed by atoms with Crippen molar-refractivity contribution in [3.63, 3.8) is 0 Å². The van der Waals surface area contributed by atoms with Crippen LogP contribution in [0.25, 0.3) is 0 Å². The maximum Gasteiger partial charge on any atom is 0.141 e. The lowest BCUT2D eigenvalue weighted by Crippen LogP contribution is -2.18. The third-order valence-electron chi connectivity index (χ3n) is 2.98. The van der Waals surface area contributed by atoms with Crippen LogP contribution in [0.4, 0.5) is 0 Å². The molecule has 0 saturated carbocycles. The molecule has 0 heterocycles. The Labute approximate surface area is 143 Å². The minimum absolute atomic E-state index is 0.0436. The van der Waals surface area contributed by atoms with Gasteiger partial charge in [-0.25, -0.2) is 0 Å². The third kappa shape index (κ3) is 4.62. The Bertz CT molecular complexity index is 632. The monoisotopic (exact) mass is 387 g/mol. The normalized spacial score (nSPS) is 12.2. The predicted molar refractivity (Wildman–Crippen MR) is 92.3 cm³/mol. The van der Waals surface area contributed by atoms with Crippen molar-refractivity contribution >= 4 is 39.1 Å². The zero-order valence-electron chi connectivity index (χ0n) is 11.6. The third-order valence-corrected chi connectivity index (χ3v) is 4.12. The predicted octanol–water partition coefficient (Wildman–Crippen LogP) is 5.22. The molecule has 0 aromatic heterocycles. The molecule has 2 rings (SSSR count). The summed E-state index contributed by atoms with van der Waals surface area (Å²) in [5.41, 5.74) is 7.78. The molecule has 0 radical (unpaired) electrons. The quantitative estimate of drug-likeness (QED) is 0.761. The molecule has 2 N–H and O–H groups in total. The van der Waals surface area contributed by atoms with Gasteiger partial charge in [0.2, 0.25) is 0 Å². The summed E-state index contributed by atoms with van der Waals surface area (Å²) >= 11 is 15.8. The van der Waals surface area contributed by atoms with Gasteiger partial charge < -0.3 is 10.5 Å². The molecule has 1 unspecified atom stereocenters. The SMILES string of the molecule is CC(N)Cc1cccc(Cl)c1OCc1ccc(Br)cc1Cl. The van der Waals surface area contributed by atoms with Crippen LogP contribution in [0.15, 0.2) is 40.9 Å². The van der Waals surface area contributed by atoms with Crippen LogP contribution in [-0.2, 0) is 13.0 Å². The molecule has 2 aromatic carbocycles. The van der Waals surface area contributed by atoms with E-state index in [1.54, 1.807) is 0 Å². The number of halogens is 3. The highest BCUT2D eigenvalue weighted by Crippen LogP contribution is 2.31. The molecule has 21 heavy (non-hydrogen) atoms. The van der Waals surface area contributed by atoms with Gasteiger partial charge in [-0.2, -0.15) is 0 Å². The first kappa shape index (κ1) is 16.6. The van der Waals surface area contributed by atoms with E-state index in [9.17, 15) is 0 Å². The lowest BCUT2D eigenvalue weighted by atomic mass is 10.1. The Morgan fingerprint density at radius 2 is 1.90 bits per heavy atom. The second-order valence-electron chi connectivity index (χ2n) is 4.93. The van der Waals surface area contributed by atoms with E-state index in [2.05, 4.69) is 15.9 Å². The Morgan fingerprint density at radius 1 is 1.14 bits per heavy atom. The second kappa shape index (κ2) is 7.50. The van der Waals surface area contributed by atoms with Crippen molar-refractivity contribution in [3.8, 4) is 5.75 Å². The van der Waals surface area contributed by atoms with E-state index in [4.69, 9.17) is 33.7 Å². The van der Waals surface area contributed by atoms with E-state index in [0.29, 0.717) is 28.8 Å². The minimum atomic E-state index is 0.0436. The average Bonchev–Trinajstić information content (AvgIpc) is 2.39. The number of rotatable bonds is 5. The van der Waals surface area contributed by atoms with E-state index in [0.717, 1.165) is 15.6 Å². The number of nitrogens with two attached hydrogens (primary N) is 1. The number of hydrogen-bond donors (Lipinski definition) is 1. The fraction of sp³-hybridized carbons (Fsp3) is 0.250.